The van der Waals surface area contributed by atoms with Crippen molar-refractivity contribution < 1.29 is 9.90 Å². The molecule has 0 radical (unpaired) electrons. The molecule has 1 aromatic rings. The van der Waals surface area contributed by atoms with Gasteiger partial charge in [-0.15, -0.1) is 0 Å². The number of likely N-dealkylation sites (tertiary alicyclic amines) is 1. The first-order valence-corrected chi connectivity index (χ1v) is 7.94. The highest BCUT2D eigenvalue weighted by Gasteiger charge is 2.34. The molecule has 21 heavy (non-hydrogen) atoms. The van der Waals surface area contributed by atoms with Crippen LogP contribution in [0.25, 0.3) is 0 Å². The fourth-order valence-electron chi connectivity index (χ4n) is 3.75. The van der Waals surface area contributed by atoms with Crippen LogP contribution in [-0.4, -0.2) is 35.1 Å². The highest BCUT2D eigenvalue weighted by molar-refractivity contribution is 6.31. The molecule has 1 amide bonds. The van der Waals surface area contributed by atoms with Crippen molar-refractivity contribution in [2.75, 3.05) is 13.1 Å². The molecule has 1 fully saturated rings. The minimum absolute atomic E-state index is 0.000940. The molecular formula is C16H21ClN2O2. The SMILES string of the molecule is NC(=O)[C@H](O)C1CCN([C@@H]2CCc3c(Cl)cccc32)CC1. The summed E-state index contributed by atoms with van der Waals surface area (Å²) in [5.41, 5.74) is 7.81. The first kappa shape index (κ1) is 14.8. The number of fused-ring (bicyclic) bond motifs is 1. The Labute approximate surface area is 129 Å². The summed E-state index contributed by atoms with van der Waals surface area (Å²) in [4.78, 5) is 13.5. The average Bonchev–Trinajstić information content (AvgIpc) is 2.92. The van der Waals surface area contributed by atoms with Gasteiger partial charge in [0.1, 0.15) is 6.10 Å². The monoisotopic (exact) mass is 308 g/mol. The van der Waals surface area contributed by atoms with E-state index in [4.69, 9.17) is 17.3 Å². The van der Waals surface area contributed by atoms with E-state index in [0.717, 1.165) is 43.8 Å². The molecule has 1 saturated heterocycles. The smallest absolute Gasteiger partial charge is 0.246 e. The molecule has 4 nitrogen and oxygen atoms in total. The van der Waals surface area contributed by atoms with Crippen LogP contribution in [0.2, 0.25) is 5.02 Å². The van der Waals surface area contributed by atoms with Gasteiger partial charge in [0.25, 0.3) is 0 Å². The third-order valence-corrected chi connectivity index (χ3v) is 5.29. The number of nitrogens with zero attached hydrogens (tertiary/aromatic N) is 1. The number of carbonyl (C=O) groups excluding carboxylic acids is 1. The Bertz CT molecular complexity index is 541. The van der Waals surface area contributed by atoms with Crippen molar-refractivity contribution in [3.05, 3.63) is 34.3 Å². The second kappa shape index (κ2) is 5.95. The predicted octanol–water partition coefficient (Wildman–Crippen LogP) is 1.89. The fourth-order valence-corrected chi connectivity index (χ4v) is 4.02. The van der Waals surface area contributed by atoms with E-state index < -0.39 is 12.0 Å². The Kier molecular flexibility index (Phi) is 4.20. The molecule has 1 aliphatic carbocycles. The second-order valence-electron chi connectivity index (χ2n) is 6.08. The van der Waals surface area contributed by atoms with Crippen LogP contribution in [-0.2, 0) is 11.2 Å². The number of aliphatic hydroxyl groups is 1. The maximum atomic E-state index is 11.1. The summed E-state index contributed by atoms with van der Waals surface area (Å²) in [7, 11) is 0. The van der Waals surface area contributed by atoms with E-state index in [1.165, 1.54) is 11.1 Å². The number of hydrogen-bond acceptors (Lipinski definition) is 3. The molecule has 0 bridgehead atoms. The predicted molar refractivity (Wildman–Crippen MR) is 82.0 cm³/mol. The summed E-state index contributed by atoms with van der Waals surface area (Å²) in [5, 5.41) is 10.7. The van der Waals surface area contributed by atoms with Gasteiger partial charge in [0, 0.05) is 11.1 Å². The highest BCUT2D eigenvalue weighted by atomic mass is 35.5. The average molecular weight is 309 g/mol. The van der Waals surface area contributed by atoms with Gasteiger partial charge in [0.15, 0.2) is 0 Å². The summed E-state index contributed by atoms with van der Waals surface area (Å²) < 4.78 is 0. The zero-order valence-electron chi connectivity index (χ0n) is 12.0. The molecule has 3 N–H and O–H groups in total. The third kappa shape index (κ3) is 2.80. The topological polar surface area (TPSA) is 66.6 Å². The van der Waals surface area contributed by atoms with Gasteiger partial charge in [-0.1, -0.05) is 23.7 Å². The molecule has 1 aliphatic heterocycles. The fraction of sp³-hybridized carbons (Fsp3) is 0.562. The molecule has 5 heteroatoms. The lowest BCUT2D eigenvalue weighted by atomic mass is 9.89. The maximum Gasteiger partial charge on any atom is 0.246 e. The van der Waals surface area contributed by atoms with Crippen molar-refractivity contribution in [3.8, 4) is 0 Å². The van der Waals surface area contributed by atoms with E-state index in [9.17, 15) is 9.90 Å². The highest BCUT2D eigenvalue weighted by Crippen LogP contribution is 2.40. The number of piperidine rings is 1. The van der Waals surface area contributed by atoms with E-state index >= 15 is 0 Å². The minimum atomic E-state index is -1.00. The quantitative estimate of drug-likeness (QED) is 0.896. The van der Waals surface area contributed by atoms with Crippen LogP contribution in [0.3, 0.4) is 0 Å². The van der Waals surface area contributed by atoms with Gasteiger partial charge in [0.05, 0.1) is 0 Å². The Hall–Kier alpha value is -1.10. The lowest BCUT2D eigenvalue weighted by molar-refractivity contribution is -0.129. The Morgan fingerprint density at radius 3 is 2.71 bits per heavy atom. The number of amides is 1. The van der Waals surface area contributed by atoms with Gasteiger partial charge in [0.2, 0.25) is 5.91 Å². The first-order valence-electron chi connectivity index (χ1n) is 7.56. The number of aliphatic hydroxyl groups excluding tert-OH is 1. The molecule has 2 atom stereocenters. The van der Waals surface area contributed by atoms with Crippen molar-refractivity contribution in [2.24, 2.45) is 11.7 Å². The van der Waals surface area contributed by atoms with Gasteiger partial charge >= 0.3 is 0 Å². The molecule has 114 valence electrons. The van der Waals surface area contributed by atoms with Crippen LogP contribution in [0.5, 0.6) is 0 Å². The maximum absolute atomic E-state index is 11.1. The molecule has 0 aromatic heterocycles. The molecule has 0 unspecified atom stereocenters. The van der Waals surface area contributed by atoms with Crippen molar-refractivity contribution in [3.63, 3.8) is 0 Å². The van der Waals surface area contributed by atoms with E-state index in [-0.39, 0.29) is 5.92 Å². The number of nitrogens with two attached hydrogens (primary N) is 1. The van der Waals surface area contributed by atoms with Gasteiger partial charge in [-0.05, 0) is 61.9 Å². The van der Waals surface area contributed by atoms with E-state index in [1.807, 2.05) is 12.1 Å². The van der Waals surface area contributed by atoms with E-state index in [0.29, 0.717) is 6.04 Å². The number of carbonyl (C=O) groups is 1. The standard InChI is InChI=1S/C16H21ClN2O2/c17-13-3-1-2-12-11(13)4-5-14(12)19-8-6-10(7-9-19)15(20)16(18)21/h1-3,10,14-15,20H,4-9H2,(H2,18,21)/t14-,15-/m1/s1. The Morgan fingerprint density at radius 2 is 2.05 bits per heavy atom. The normalized spacial score (nSPS) is 24.8. The molecular weight excluding hydrogens is 288 g/mol. The lowest BCUT2D eigenvalue weighted by Crippen LogP contribution is -2.43. The first-order chi connectivity index (χ1) is 10.1. The molecule has 0 spiro atoms. The van der Waals surface area contributed by atoms with Crippen LogP contribution in [0.4, 0.5) is 0 Å². The summed E-state index contributed by atoms with van der Waals surface area (Å²) in [5.74, 6) is -0.606. The zero-order valence-corrected chi connectivity index (χ0v) is 12.7. The van der Waals surface area contributed by atoms with Gasteiger partial charge in [-0.25, -0.2) is 0 Å². The van der Waals surface area contributed by atoms with Crippen LogP contribution in [0.1, 0.15) is 36.4 Å². The largest absolute Gasteiger partial charge is 0.383 e. The molecule has 1 heterocycles. The van der Waals surface area contributed by atoms with Crippen molar-refractivity contribution in [2.45, 2.75) is 37.8 Å². The van der Waals surface area contributed by atoms with Gasteiger partial charge in [-0.2, -0.15) is 0 Å². The molecule has 2 aliphatic rings. The summed E-state index contributed by atoms with van der Waals surface area (Å²) >= 11 is 6.27. The molecule has 0 saturated carbocycles. The number of primary amides is 1. The molecule has 1 aromatic carbocycles. The van der Waals surface area contributed by atoms with Crippen molar-refractivity contribution in [1.82, 2.24) is 4.90 Å². The summed E-state index contributed by atoms with van der Waals surface area (Å²) in [6, 6.07) is 6.57. The van der Waals surface area contributed by atoms with E-state index in [1.54, 1.807) is 0 Å². The van der Waals surface area contributed by atoms with E-state index in [2.05, 4.69) is 11.0 Å². The van der Waals surface area contributed by atoms with Crippen LogP contribution < -0.4 is 5.73 Å². The Balaban J connectivity index is 1.67. The lowest BCUT2D eigenvalue weighted by Gasteiger charge is -2.37. The van der Waals surface area contributed by atoms with Crippen LogP contribution >= 0.6 is 11.6 Å². The number of benzene rings is 1. The third-order valence-electron chi connectivity index (χ3n) is 4.93. The molecule has 3 rings (SSSR count). The van der Waals surface area contributed by atoms with Crippen LogP contribution in [0, 0.1) is 5.92 Å². The van der Waals surface area contributed by atoms with Gasteiger partial charge in [-0.3, -0.25) is 9.69 Å². The second-order valence-corrected chi connectivity index (χ2v) is 6.49. The number of rotatable bonds is 3. The zero-order chi connectivity index (χ0) is 15.0. The summed E-state index contributed by atoms with van der Waals surface area (Å²) in [6.45, 7) is 1.79. The number of hydrogen-bond donors (Lipinski definition) is 2. The Morgan fingerprint density at radius 1 is 1.33 bits per heavy atom. The summed E-state index contributed by atoms with van der Waals surface area (Å²) in [6.07, 6.45) is 2.76. The number of halogens is 1. The minimum Gasteiger partial charge on any atom is -0.383 e. The van der Waals surface area contributed by atoms with Crippen molar-refractivity contribution in [1.29, 1.82) is 0 Å². The van der Waals surface area contributed by atoms with Crippen LogP contribution in [0.15, 0.2) is 18.2 Å². The van der Waals surface area contributed by atoms with Crippen molar-refractivity contribution >= 4 is 17.5 Å². The van der Waals surface area contributed by atoms with Gasteiger partial charge < -0.3 is 10.8 Å².